The number of benzene rings is 6. The molecule has 0 spiro atoms. The number of aromatic nitrogens is 4. The zero-order valence-electron chi connectivity index (χ0n) is 24.3. The SMILES string of the molecule is c1ccc(-c2cc3ccc(-c4ccc5ccc6cccnc6c5n4)cc3c3c2c(-c2ccccc2)nn3-c2ccccc2)cc1. The number of para-hydroxylation sites is 1. The van der Waals surface area contributed by atoms with Crippen LogP contribution in [0.5, 0.6) is 0 Å². The number of fused-ring (bicyclic) bond motifs is 6. The van der Waals surface area contributed by atoms with Crippen LogP contribution in [0.4, 0.5) is 0 Å². The van der Waals surface area contributed by atoms with Crippen LogP contribution in [0.15, 0.2) is 158 Å². The first kappa shape index (κ1) is 25.4. The van der Waals surface area contributed by atoms with Crippen molar-refractivity contribution < 1.29 is 0 Å². The predicted octanol–water partition coefficient (Wildman–Crippen LogP) is 10.3. The van der Waals surface area contributed by atoms with E-state index in [1.54, 1.807) is 0 Å². The van der Waals surface area contributed by atoms with Crippen molar-refractivity contribution in [1.29, 1.82) is 0 Å². The molecular weight excluding hydrogens is 548 g/mol. The summed E-state index contributed by atoms with van der Waals surface area (Å²) in [5.74, 6) is 0. The van der Waals surface area contributed by atoms with E-state index in [1.165, 1.54) is 0 Å². The molecule has 0 aliphatic heterocycles. The van der Waals surface area contributed by atoms with E-state index in [0.29, 0.717) is 0 Å². The predicted molar refractivity (Wildman–Crippen MR) is 185 cm³/mol. The molecule has 6 aromatic carbocycles. The number of rotatable bonds is 4. The van der Waals surface area contributed by atoms with Gasteiger partial charge in [0.15, 0.2) is 0 Å². The van der Waals surface area contributed by atoms with Crippen LogP contribution in [0.25, 0.3) is 82.8 Å². The van der Waals surface area contributed by atoms with Gasteiger partial charge in [-0.25, -0.2) is 9.67 Å². The molecule has 0 atom stereocenters. The lowest BCUT2D eigenvalue weighted by molar-refractivity contribution is 0.918. The summed E-state index contributed by atoms with van der Waals surface area (Å²) in [6.07, 6.45) is 1.84. The van der Waals surface area contributed by atoms with Crippen LogP contribution in [0.1, 0.15) is 0 Å². The number of hydrogen-bond acceptors (Lipinski definition) is 3. The molecule has 0 saturated heterocycles. The fourth-order valence-corrected chi connectivity index (χ4v) is 6.48. The van der Waals surface area contributed by atoms with Gasteiger partial charge in [-0.1, -0.05) is 115 Å². The standard InChI is InChI=1S/C41H26N4/c1-4-11-27(12-5-1)34-25-31-20-21-32(36-23-22-30-19-18-29-15-10-24-42-39(29)40(30)43-36)26-35(31)41-37(34)38(28-13-6-2-7-14-28)44-45(41)33-16-8-3-9-17-33/h1-26H. The number of hydrogen-bond donors (Lipinski definition) is 0. The van der Waals surface area contributed by atoms with Gasteiger partial charge in [0, 0.05) is 38.9 Å². The van der Waals surface area contributed by atoms with Gasteiger partial charge in [-0.2, -0.15) is 5.10 Å². The molecule has 0 bridgehead atoms. The summed E-state index contributed by atoms with van der Waals surface area (Å²) in [7, 11) is 0. The Kier molecular flexibility index (Phi) is 5.78. The van der Waals surface area contributed by atoms with Crippen molar-refractivity contribution in [2.75, 3.05) is 0 Å². The maximum absolute atomic E-state index is 5.34. The molecular formula is C41H26N4. The maximum Gasteiger partial charge on any atom is 0.101 e. The highest BCUT2D eigenvalue weighted by Crippen LogP contribution is 2.42. The van der Waals surface area contributed by atoms with Crippen LogP contribution < -0.4 is 0 Å². The van der Waals surface area contributed by atoms with Gasteiger partial charge < -0.3 is 0 Å². The molecule has 0 unspecified atom stereocenters. The zero-order valence-corrected chi connectivity index (χ0v) is 24.3. The molecule has 45 heavy (non-hydrogen) atoms. The Balaban J connectivity index is 1.38. The number of nitrogens with zero attached hydrogens (tertiary/aromatic N) is 4. The van der Waals surface area contributed by atoms with E-state index in [9.17, 15) is 0 Å². The zero-order chi connectivity index (χ0) is 29.7. The summed E-state index contributed by atoms with van der Waals surface area (Å²) in [6.45, 7) is 0. The van der Waals surface area contributed by atoms with Crippen LogP contribution in [0.3, 0.4) is 0 Å². The average Bonchev–Trinajstić information content (AvgIpc) is 3.53. The van der Waals surface area contributed by atoms with E-state index >= 15 is 0 Å². The van der Waals surface area contributed by atoms with Gasteiger partial charge in [0.2, 0.25) is 0 Å². The molecule has 0 aliphatic carbocycles. The molecule has 9 rings (SSSR count). The third-order valence-corrected chi connectivity index (χ3v) is 8.62. The van der Waals surface area contributed by atoms with Crippen molar-refractivity contribution in [3.63, 3.8) is 0 Å². The summed E-state index contributed by atoms with van der Waals surface area (Å²) in [5.41, 5.74) is 10.3. The topological polar surface area (TPSA) is 43.6 Å². The van der Waals surface area contributed by atoms with Crippen LogP contribution >= 0.6 is 0 Å². The Morgan fingerprint density at radius 2 is 1.16 bits per heavy atom. The molecule has 0 radical (unpaired) electrons. The van der Waals surface area contributed by atoms with Gasteiger partial charge in [-0.05, 0) is 52.9 Å². The van der Waals surface area contributed by atoms with E-state index in [2.05, 4.69) is 149 Å². The molecule has 0 aliphatic rings. The lowest BCUT2D eigenvalue weighted by Gasteiger charge is -2.13. The van der Waals surface area contributed by atoms with E-state index in [0.717, 1.165) is 82.8 Å². The molecule has 0 fully saturated rings. The van der Waals surface area contributed by atoms with Gasteiger partial charge in [0.25, 0.3) is 0 Å². The molecule has 3 heterocycles. The highest BCUT2D eigenvalue weighted by atomic mass is 15.3. The van der Waals surface area contributed by atoms with Crippen LogP contribution in [0, 0.1) is 0 Å². The number of pyridine rings is 2. The molecule has 0 amide bonds. The minimum atomic E-state index is 0.913. The second-order valence-corrected chi connectivity index (χ2v) is 11.3. The molecule has 3 aromatic heterocycles. The quantitative estimate of drug-likeness (QED) is 0.196. The third-order valence-electron chi connectivity index (χ3n) is 8.62. The largest absolute Gasteiger partial charge is 0.254 e. The first-order valence-electron chi connectivity index (χ1n) is 15.1. The van der Waals surface area contributed by atoms with Gasteiger partial charge in [-0.15, -0.1) is 0 Å². The Morgan fingerprint density at radius 1 is 0.489 bits per heavy atom. The molecule has 0 saturated carbocycles. The summed E-state index contributed by atoms with van der Waals surface area (Å²) in [5, 5.41) is 10.9. The normalized spacial score (nSPS) is 11.6. The fourth-order valence-electron chi connectivity index (χ4n) is 6.48. The highest BCUT2D eigenvalue weighted by molar-refractivity contribution is 6.18. The van der Waals surface area contributed by atoms with Crippen molar-refractivity contribution in [1.82, 2.24) is 19.7 Å². The van der Waals surface area contributed by atoms with Gasteiger partial charge >= 0.3 is 0 Å². The van der Waals surface area contributed by atoms with Gasteiger partial charge in [-0.3, -0.25) is 4.98 Å². The van der Waals surface area contributed by atoms with Crippen LogP contribution in [0.2, 0.25) is 0 Å². The Labute approximate surface area is 259 Å². The third kappa shape index (κ3) is 4.19. The monoisotopic (exact) mass is 574 g/mol. The van der Waals surface area contributed by atoms with Crippen molar-refractivity contribution >= 4 is 43.5 Å². The van der Waals surface area contributed by atoms with E-state index in [4.69, 9.17) is 10.1 Å². The molecule has 4 heteroatoms. The minimum Gasteiger partial charge on any atom is -0.254 e. The van der Waals surface area contributed by atoms with Crippen molar-refractivity contribution in [3.8, 4) is 39.3 Å². The fraction of sp³-hybridized carbons (Fsp3) is 0. The van der Waals surface area contributed by atoms with Crippen molar-refractivity contribution in [3.05, 3.63) is 158 Å². The van der Waals surface area contributed by atoms with E-state index < -0.39 is 0 Å². The second kappa shape index (κ2) is 10.2. The van der Waals surface area contributed by atoms with Crippen molar-refractivity contribution in [2.45, 2.75) is 0 Å². The van der Waals surface area contributed by atoms with E-state index in [-0.39, 0.29) is 0 Å². The first-order chi connectivity index (χ1) is 22.3. The lowest BCUT2D eigenvalue weighted by Crippen LogP contribution is -1.97. The second-order valence-electron chi connectivity index (χ2n) is 11.3. The van der Waals surface area contributed by atoms with Crippen LogP contribution in [-0.4, -0.2) is 19.7 Å². The average molecular weight is 575 g/mol. The summed E-state index contributed by atoms with van der Waals surface area (Å²) in [4.78, 5) is 9.85. The molecule has 0 N–H and O–H groups in total. The lowest BCUT2D eigenvalue weighted by atomic mass is 9.92. The van der Waals surface area contributed by atoms with Crippen molar-refractivity contribution in [2.24, 2.45) is 0 Å². The Hall–Kier alpha value is -6.13. The van der Waals surface area contributed by atoms with E-state index in [1.807, 2.05) is 18.3 Å². The highest BCUT2D eigenvalue weighted by Gasteiger charge is 2.21. The Morgan fingerprint density at radius 3 is 1.93 bits per heavy atom. The minimum absolute atomic E-state index is 0.913. The molecule has 210 valence electrons. The smallest absolute Gasteiger partial charge is 0.101 e. The Bertz CT molecular complexity index is 2520. The molecule has 9 aromatic rings. The summed E-state index contributed by atoms with van der Waals surface area (Å²) in [6, 6.07) is 53.0. The maximum atomic E-state index is 5.34. The summed E-state index contributed by atoms with van der Waals surface area (Å²) >= 11 is 0. The van der Waals surface area contributed by atoms with Crippen LogP contribution in [-0.2, 0) is 0 Å². The summed E-state index contributed by atoms with van der Waals surface area (Å²) < 4.78 is 2.11. The van der Waals surface area contributed by atoms with Gasteiger partial charge in [0.05, 0.1) is 27.9 Å². The first-order valence-corrected chi connectivity index (χ1v) is 15.1. The molecule has 4 nitrogen and oxygen atoms in total. The van der Waals surface area contributed by atoms with Gasteiger partial charge in [0.1, 0.15) is 5.69 Å².